The van der Waals surface area contributed by atoms with Crippen LogP contribution in [0.2, 0.25) is 0 Å². The van der Waals surface area contributed by atoms with Crippen LogP contribution >= 0.6 is 0 Å². The number of imidazole rings is 1. The third kappa shape index (κ3) is 4.33. The van der Waals surface area contributed by atoms with Crippen LogP contribution in [0.4, 0.5) is 0 Å². The second kappa shape index (κ2) is 9.30. The van der Waals surface area contributed by atoms with Crippen molar-refractivity contribution in [3.05, 3.63) is 56.5 Å². The lowest BCUT2D eigenvalue weighted by Gasteiger charge is -2.13. The smallest absolute Gasteiger partial charge is 0.332 e. The van der Waals surface area contributed by atoms with Gasteiger partial charge >= 0.3 is 11.7 Å². The Balaban J connectivity index is 2.18. The molecule has 2 heterocycles. The summed E-state index contributed by atoms with van der Waals surface area (Å²) in [6.07, 6.45) is 10.2. The Kier molecular flexibility index (Phi) is 6.77. The van der Waals surface area contributed by atoms with E-state index < -0.39 is 11.2 Å². The van der Waals surface area contributed by atoms with Crippen LogP contribution in [0.15, 0.2) is 45.2 Å². The van der Waals surface area contributed by atoms with E-state index in [0.717, 1.165) is 23.0 Å². The number of ether oxygens (including phenoxy) is 1. The van der Waals surface area contributed by atoms with Gasteiger partial charge < -0.3 is 9.84 Å². The molecule has 1 atom stereocenters. The topological polar surface area (TPSA) is 91.3 Å². The van der Waals surface area contributed by atoms with Gasteiger partial charge in [0.1, 0.15) is 5.76 Å². The number of allylic oxidation sites excluding steroid dienone is 5. The third-order valence-electron chi connectivity index (χ3n) is 5.10. The van der Waals surface area contributed by atoms with E-state index in [0.29, 0.717) is 41.8 Å². The zero-order chi connectivity index (χ0) is 21.8. The minimum absolute atomic E-state index is 0.0946. The molecule has 2 aromatic heterocycles. The van der Waals surface area contributed by atoms with Crippen molar-refractivity contribution < 1.29 is 9.84 Å². The molecule has 1 aliphatic rings. The summed E-state index contributed by atoms with van der Waals surface area (Å²) in [5.41, 5.74) is 0.839. The highest BCUT2D eigenvalue weighted by molar-refractivity contribution is 5.72. The molecule has 0 aromatic carbocycles. The van der Waals surface area contributed by atoms with Crippen LogP contribution in [0.3, 0.4) is 0 Å². The van der Waals surface area contributed by atoms with Crippen LogP contribution in [-0.2, 0) is 20.1 Å². The number of rotatable bonds is 7. The Morgan fingerprint density at radius 3 is 2.73 bits per heavy atom. The Morgan fingerprint density at radius 1 is 1.27 bits per heavy atom. The Morgan fingerprint density at radius 2 is 2.03 bits per heavy atom. The molecule has 8 heteroatoms. The van der Waals surface area contributed by atoms with Gasteiger partial charge in [0, 0.05) is 26.7 Å². The molecule has 1 unspecified atom stereocenters. The molecule has 2 aromatic rings. The lowest BCUT2D eigenvalue weighted by Crippen LogP contribution is -2.39. The van der Waals surface area contributed by atoms with E-state index in [1.807, 2.05) is 26.0 Å². The van der Waals surface area contributed by atoms with E-state index in [1.54, 1.807) is 11.6 Å². The van der Waals surface area contributed by atoms with Gasteiger partial charge in [-0.2, -0.15) is 4.98 Å². The molecular weight excluding hydrogens is 384 g/mol. The summed E-state index contributed by atoms with van der Waals surface area (Å²) >= 11 is 0. The molecule has 0 saturated heterocycles. The van der Waals surface area contributed by atoms with Crippen LogP contribution in [-0.4, -0.2) is 30.4 Å². The number of nitrogens with zero attached hydrogens (tertiary/aromatic N) is 4. The summed E-state index contributed by atoms with van der Waals surface area (Å²) in [4.78, 5) is 30.3. The fraction of sp³-hybridized carbons (Fsp3) is 0.500. The summed E-state index contributed by atoms with van der Waals surface area (Å²) in [6.45, 7) is 6.71. The van der Waals surface area contributed by atoms with Crippen molar-refractivity contribution in [1.82, 2.24) is 18.7 Å². The fourth-order valence-corrected chi connectivity index (χ4v) is 3.59. The van der Waals surface area contributed by atoms with Gasteiger partial charge in [0.2, 0.25) is 0 Å². The molecule has 0 fully saturated rings. The highest BCUT2D eigenvalue weighted by Crippen LogP contribution is 2.23. The first kappa shape index (κ1) is 21.8. The molecule has 0 aliphatic heterocycles. The molecular formula is C22H30N4O4. The SMILES string of the molecule is CCCn1c(OC2=CC(C)C/C=C/C(C)=C2)nc2c1c(=O)n(CCCO)c(=O)n2C. The van der Waals surface area contributed by atoms with Gasteiger partial charge in [0.05, 0.1) is 0 Å². The van der Waals surface area contributed by atoms with Crippen molar-refractivity contribution in [3.8, 4) is 6.01 Å². The van der Waals surface area contributed by atoms with Gasteiger partial charge in [-0.15, -0.1) is 0 Å². The summed E-state index contributed by atoms with van der Waals surface area (Å²) in [5.74, 6) is 0.965. The van der Waals surface area contributed by atoms with E-state index in [-0.39, 0.29) is 13.2 Å². The lowest BCUT2D eigenvalue weighted by atomic mass is 10.0. The van der Waals surface area contributed by atoms with Crippen LogP contribution in [0.1, 0.15) is 40.0 Å². The number of fused-ring (bicyclic) bond motifs is 1. The van der Waals surface area contributed by atoms with Gasteiger partial charge in [-0.3, -0.25) is 18.5 Å². The monoisotopic (exact) mass is 414 g/mol. The minimum atomic E-state index is -0.451. The first-order chi connectivity index (χ1) is 14.4. The molecule has 0 saturated carbocycles. The predicted molar refractivity (Wildman–Crippen MR) is 117 cm³/mol. The van der Waals surface area contributed by atoms with Crippen molar-refractivity contribution in [3.63, 3.8) is 0 Å². The molecule has 162 valence electrons. The molecule has 1 aliphatic carbocycles. The zero-order valence-electron chi connectivity index (χ0n) is 18.1. The summed E-state index contributed by atoms with van der Waals surface area (Å²) in [6, 6.07) is 0.297. The highest BCUT2D eigenvalue weighted by Gasteiger charge is 2.21. The van der Waals surface area contributed by atoms with E-state index in [9.17, 15) is 9.59 Å². The average Bonchev–Trinajstić information content (AvgIpc) is 3.03. The van der Waals surface area contributed by atoms with Crippen LogP contribution in [0.5, 0.6) is 6.01 Å². The van der Waals surface area contributed by atoms with Crippen molar-refractivity contribution in [2.45, 2.75) is 53.1 Å². The molecule has 3 rings (SSSR count). The third-order valence-corrected chi connectivity index (χ3v) is 5.10. The van der Waals surface area contributed by atoms with E-state index in [1.165, 1.54) is 4.57 Å². The van der Waals surface area contributed by atoms with Crippen molar-refractivity contribution in [2.24, 2.45) is 13.0 Å². The predicted octanol–water partition coefficient (Wildman–Crippen LogP) is 2.49. The molecule has 30 heavy (non-hydrogen) atoms. The van der Waals surface area contributed by atoms with E-state index >= 15 is 0 Å². The number of hydrogen-bond acceptors (Lipinski definition) is 5. The summed E-state index contributed by atoms with van der Waals surface area (Å²) in [7, 11) is 1.60. The molecule has 0 spiro atoms. The maximum absolute atomic E-state index is 13.1. The van der Waals surface area contributed by atoms with Gasteiger partial charge in [0.25, 0.3) is 5.56 Å². The Bertz CT molecular complexity index is 1130. The number of aliphatic hydroxyl groups is 1. The van der Waals surface area contributed by atoms with Gasteiger partial charge in [0.15, 0.2) is 11.2 Å². The zero-order valence-corrected chi connectivity index (χ0v) is 18.1. The second-order valence-corrected chi connectivity index (χ2v) is 7.77. The Labute approximate surface area is 175 Å². The number of hydrogen-bond donors (Lipinski definition) is 1. The highest BCUT2D eigenvalue weighted by atomic mass is 16.5. The van der Waals surface area contributed by atoms with Crippen molar-refractivity contribution >= 4 is 11.2 Å². The molecule has 0 bridgehead atoms. The number of aromatic nitrogens is 4. The fourth-order valence-electron chi connectivity index (χ4n) is 3.59. The maximum Gasteiger partial charge on any atom is 0.332 e. The largest absolute Gasteiger partial charge is 0.426 e. The molecule has 8 nitrogen and oxygen atoms in total. The quantitative estimate of drug-likeness (QED) is 0.752. The summed E-state index contributed by atoms with van der Waals surface area (Å²) in [5, 5.41) is 9.12. The van der Waals surface area contributed by atoms with Crippen LogP contribution < -0.4 is 16.0 Å². The molecule has 1 N–H and O–H groups in total. The summed E-state index contributed by atoms with van der Waals surface area (Å²) < 4.78 is 10.4. The maximum atomic E-state index is 13.1. The Hall–Kier alpha value is -2.87. The molecule has 0 radical (unpaired) electrons. The number of aryl methyl sites for hydroxylation is 2. The van der Waals surface area contributed by atoms with E-state index in [4.69, 9.17) is 9.84 Å². The minimum Gasteiger partial charge on any atom is -0.426 e. The standard InChI is InChI=1S/C22H30N4O4/c1-5-10-25-18-19(24(4)22(29)26(20(18)28)11-7-12-27)23-21(25)30-17-13-15(2)8-6-9-16(3)14-17/h6,8,13-14,16,27H,5,7,9-12H2,1-4H3/b8-6+,15-13?,17-14?. The van der Waals surface area contributed by atoms with Crippen molar-refractivity contribution in [1.29, 1.82) is 0 Å². The van der Waals surface area contributed by atoms with Gasteiger partial charge in [-0.25, -0.2) is 4.79 Å². The average molecular weight is 415 g/mol. The first-order valence-corrected chi connectivity index (χ1v) is 10.4. The second-order valence-electron chi connectivity index (χ2n) is 7.77. The van der Waals surface area contributed by atoms with Gasteiger partial charge in [-0.1, -0.05) is 26.0 Å². The van der Waals surface area contributed by atoms with Gasteiger partial charge in [-0.05, 0) is 49.8 Å². The van der Waals surface area contributed by atoms with Crippen LogP contribution in [0.25, 0.3) is 11.2 Å². The van der Waals surface area contributed by atoms with Crippen molar-refractivity contribution in [2.75, 3.05) is 6.61 Å². The molecule has 0 amide bonds. The van der Waals surface area contributed by atoms with E-state index in [2.05, 4.69) is 24.1 Å². The lowest BCUT2D eigenvalue weighted by molar-refractivity contribution is 0.277. The first-order valence-electron chi connectivity index (χ1n) is 10.4. The normalized spacial score (nSPS) is 18.0. The number of aliphatic hydroxyl groups excluding tert-OH is 1. The van der Waals surface area contributed by atoms with Crippen LogP contribution in [0, 0.1) is 5.92 Å².